The van der Waals surface area contributed by atoms with Crippen LogP contribution in [0, 0.1) is 5.92 Å². The van der Waals surface area contributed by atoms with Crippen LogP contribution in [0.4, 0.5) is 0 Å². The summed E-state index contributed by atoms with van der Waals surface area (Å²) in [5, 5.41) is 0. The molecule has 1 aromatic rings. The maximum Gasteiger partial charge on any atom is 0.222 e. The fourth-order valence-electron chi connectivity index (χ4n) is 3.03. The lowest BCUT2D eigenvalue weighted by atomic mass is 9.91. The largest absolute Gasteiger partial charge is 0.494 e. The molecule has 1 aromatic carbocycles. The number of ketones is 1. The van der Waals surface area contributed by atoms with Gasteiger partial charge >= 0.3 is 0 Å². The van der Waals surface area contributed by atoms with Crippen LogP contribution in [0.5, 0.6) is 5.75 Å². The van der Waals surface area contributed by atoms with E-state index in [2.05, 4.69) is 0 Å². The van der Waals surface area contributed by atoms with Gasteiger partial charge in [-0.05, 0) is 63.3 Å². The van der Waals surface area contributed by atoms with Crippen LogP contribution >= 0.6 is 0 Å². The smallest absolute Gasteiger partial charge is 0.222 e. The van der Waals surface area contributed by atoms with Gasteiger partial charge < -0.3 is 15.4 Å². The van der Waals surface area contributed by atoms with Gasteiger partial charge in [0.15, 0.2) is 5.78 Å². The zero-order valence-corrected chi connectivity index (χ0v) is 14.7. The Morgan fingerprint density at radius 3 is 2.42 bits per heavy atom. The number of carbonyl (C=O) groups excluding carboxylic acids is 2. The first-order valence-electron chi connectivity index (χ1n) is 8.74. The van der Waals surface area contributed by atoms with Crippen molar-refractivity contribution in [2.75, 3.05) is 19.7 Å². The van der Waals surface area contributed by atoms with Crippen molar-refractivity contribution in [3.05, 3.63) is 29.8 Å². The number of carbonyl (C=O) groups is 2. The molecule has 24 heavy (non-hydrogen) atoms. The Hall–Kier alpha value is -1.88. The minimum Gasteiger partial charge on any atom is -0.494 e. The standard InChI is InChI=1S/C19H28N2O3/c1-14(20)16-9-11-21(12-10-16)19(23)4-3-13-24-18-7-5-17(6-8-18)15(2)22/h5-8,14,16H,3-4,9-13,20H2,1-2H3. The van der Waals surface area contributed by atoms with Crippen molar-refractivity contribution in [3.8, 4) is 5.75 Å². The first-order chi connectivity index (χ1) is 11.5. The predicted octanol–water partition coefficient (Wildman–Crippen LogP) is 2.63. The third-order valence-corrected chi connectivity index (χ3v) is 4.70. The van der Waals surface area contributed by atoms with E-state index in [4.69, 9.17) is 10.5 Å². The molecule has 5 nitrogen and oxygen atoms in total. The monoisotopic (exact) mass is 332 g/mol. The van der Waals surface area contributed by atoms with Gasteiger partial charge in [-0.15, -0.1) is 0 Å². The second-order valence-electron chi connectivity index (χ2n) is 6.61. The lowest BCUT2D eigenvalue weighted by molar-refractivity contribution is -0.132. The summed E-state index contributed by atoms with van der Waals surface area (Å²) >= 11 is 0. The summed E-state index contributed by atoms with van der Waals surface area (Å²) in [6, 6.07) is 7.30. The number of Topliss-reactive ketones (excluding diaryl/α,β-unsaturated/α-hetero) is 1. The molecule has 2 N–H and O–H groups in total. The number of nitrogens with zero attached hydrogens (tertiary/aromatic N) is 1. The van der Waals surface area contributed by atoms with Crippen LogP contribution in [-0.2, 0) is 4.79 Å². The van der Waals surface area contributed by atoms with Crippen molar-refractivity contribution >= 4 is 11.7 Å². The van der Waals surface area contributed by atoms with Gasteiger partial charge in [0.1, 0.15) is 5.75 Å². The molecule has 0 saturated carbocycles. The van der Waals surface area contributed by atoms with Crippen LogP contribution in [-0.4, -0.2) is 42.3 Å². The van der Waals surface area contributed by atoms with E-state index < -0.39 is 0 Å². The van der Waals surface area contributed by atoms with E-state index in [1.165, 1.54) is 0 Å². The Morgan fingerprint density at radius 1 is 1.25 bits per heavy atom. The molecule has 0 aliphatic carbocycles. The zero-order valence-electron chi connectivity index (χ0n) is 14.7. The highest BCUT2D eigenvalue weighted by Crippen LogP contribution is 2.20. The van der Waals surface area contributed by atoms with Crippen LogP contribution in [0.2, 0.25) is 0 Å². The number of piperidine rings is 1. The molecular weight excluding hydrogens is 304 g/mol. The number of hydrogen-bond donors (Lipinski definition) is 1. The summed E-state index contributed by atoms with van der Waals surface area (Å²) in [6.45, 7) is 5.72. The summed E-state index contributed by atoms with van der Waals surface area (Å²) in [7, 11) is 0. The van der Waals surface area contributed by atoms with Crippen molar-refractivity contribution in [2.24, 2.45) is 11.7 Å². The summed E-state index contributed by atoms with van der Waals surface area (Å²) in [5.41, 5.74) is 6.60. The van der Waals surface area contributed by atoms with E-state index in [9.17, 15) is 9.59 Å². The van der Waals surface area contributed by atoms with E-state index in [-0.39, 0.29) is 17.7 Å². The van der Waals surface area contributed by atoms with Crippen molar-refractivity contribution in [3.63, 3.8) is 0 Å². The molecule has 1 atom stereocenters. The Kier molecular flexibility index (Phi) is 6.79. The molecule has 1 heterocycles. The molecular formula is C19H28N2O3. The molecule has 0 bridgehead atoms. The van der Waals surface area contributed by atoms with E-state index in [1.54, 1.807) is 31.2 Å². The second-order valence-corrected chi connectivity index (χ2v) is 6.61. The molecule has 0 radical (unpaired) electrons. The molecule has 2 rings (SSSR count). The van der Waals surface area contributed by atoms with Crippen LogP contribution in [0.15, 0.2) is 24.3 Å². The van der Waals surface area contributed by atoms with Gasteiger partial charge in [-0.3, -0.25) is 9.59 Å². The molecule has 1 aliphatic rings. The maximum absolute atomic E-state index is 12.2. The number of benzene rings is 1. The van der Waals surface area contributed by atoms with E-state index >= 15 is 0 Å². The van der Waals surface area contributed by atoms with Crippen molar-refractivity contribution in [1.82, 2.24) is 4.90 Å². The summed E-state index contributed by atoms with van der Waals surface area (Å²) in [5.74, 6) is 1.51. The Balaban J connectivity index is 1.65. The molecule has 1 unspecified atom stereocenters. The average Bonchev–Trinajstić information content (AvgIpc) is 2.59. The van der Waals surface area contributed by atoms with Crippen LogP contribution < -0.4 is 10.5 Å². The van der Waals surface area contributed by atoms with Crippen LogP contribution in [0.25, 0.3) is 0 Å². The Labute approximate surface area is 144 Å². The van der Waals surface area contributed by atoms with E-state index in [1.807, 2.05) is 11.8 Å². The molecule has 1 saturated heterocycles. The van der Waals surface area contributed by atoms with E-state index in [0.717, 1.165) is 31.7 Å². The fraction of sp³-hybridized carbons (Fsp3) is 0.579. The Bertz CT molecular complexity index is 546. The summed E-state index contributed by atoms with van der Waals surface area (Å²) in [4.78, 5) is 25.4. The quantitative estimate of drug-likeness (QED) is 0.615. The molecule has 1 aliphatic heterocycles. The number of amides is 1. The summed E-state index contributed by atoms with van der Waals surface area (Å²) in [6.07, 6.45) is 3.21. The first-order valence-corrected chi connectivity index (χ1v) is 8.74. The minimum absolute atomic E-state index is 0.0416. The summed E-state index contributed by atoms with van der Waals surface area (Å²) < 4.78 is 5.63. The van der Waals surface area contributed by atoms with Gasteiger partial charge in [-0.1, -0.05) is 0 Å². The van der Waals surface area contributed by atoms with Gasteiger partial charge in [0.05, 0.1) is 6.61 Å². The molecule has 0 aromatic heterocycles. The van der Waals surface area contributed by atoms with Crippen LogP contribution in [0.3, 0.4) is 0 Å². The highest BCUT2D eigenvalue weighted by atomic mass is 16.5. The molecule has 1 fully saturated rings. The number of hydrogen-bond acceptors (Lipinski definition) is 4. The normalized spacial score (nSPS) is 16.7. The van der Waals surface area contributed by atoms with E-state index in [0.29, 0.717) is 30.9 Å². The van der Waals surface area contributed by atoms with Gasteiger partial charge in [0.25, 0.3) is 0 Å². The molecule has 5 heteroatoms. The second kappa shape index (κ2) is 8.83. The average molecular weight is 332 g/mol. The number of ether oxygens (including phenoxy) is 1. The number of rotatable bonds is 7. The number of likely N-dealkylation sites (tertiary alicyclic amines) is 1. The lowest BCUT2D eigenvalue weighted by Gasteiger charge is -2.33. The highest BCUT2D eigenvalue weighted by Gasteiger charge is 2.24. The fourth-order valence-corrected chi connectivity index (χ4v) is 3.03. The topological polar surface area (TPSA) is 72.6 Å². The molecule has 1 amide bonds. The molecule has 0 spiro atoms. The third kappa shape index (κ3) is 5.34. The van der Waals surface area contributed by atoms with Gasteiger partial charge in [-0.2, -0.15) is 0 Å². The van der Waals surface area contributed by atoms with Gasteiger partial charge in [0.2, 0.25) is 5.91 Å². The van der Waals surface area contributed by atoms with Crippen molar-refractivity contribution in [1.29, 1.82) is 0 Å². The van der Waals surface area contributed by atoms with Crippen molar-refractivity contribution < 1.29 is 14.3 Å². The van der Waals surface area contributed by atoms with Gasteiger partial charge in [-0.25, -0.2) is 0 Å². The SMILES string of the molecule is CC(=O)c1ccc(OCCCC(=O)N2CCC(C(C)N)CC2)cc1. The third-order valence-electron chi connectivity index (χ3n) is 4.70. The van der Waals surface area contributed by atoms with Gasteiger partial charge in [0, 0.05) is 31.1 Å². The highest BCUT2D eigenvalue weighted by molar-refractivity contribution is 5.94. The first kappa shape index (κ1) is 18.5. The molecule has 132 valence electrons. The zero-order chi connectivity index (χ0) is 17.5. The maximum atomic E-state index is 12.2. The van der Waals surface area contributed by atoms with Crippen molar-refractivity contribution in [2.45, 2.75) is 45.6 Å². The minimum atomic E-state index is 0.0416. The Morgan fingerprint density at radius 2 is 1.88 bits per heavy atom. The number of nitrogens with two attached hydrogens (primary N) is 1. The predicted molar refractivity (Wildman–Crippen MR) is 94.1 cm³/mol. The lowest BCUT2D eigenvalue weighted by Crippen LogP contribution is -2.42. The van der Waals surface area contributed by atoms with Crippen LogP contribution in [0.1, 0.15) is 49.9 Å².